The van der Waals surface area contributed by atoms with Gasteiger partial charge in [0.05, 0.1) is 18.1 Å². The van der Waals surface area contributed by atoms with Gasteiger partial charge in [0.1, 0.15) is 0 Å². The van der Waals surface area contributed by atoms with E-state index in [0.29, 0.717) is 0 Å². The summed E-state index contributed by atoms with van der Waals surface area (Å²) in [6, 6.07) is 1.95. The largest absolute Gasteiger partial charge is 0.385 e. The molecule has 0 aliphatic heterocycles. The number of thioether (sulfide) groups is 2. The molecule has 2 nitrogen and oxygen atoms in total. The number of aliphatic hydroxyl groups is 1. The van der Waals surface area contributed by atoms with Gasteiger partial charge in [-0.3, -0.25) is 0 Å². The van der Waals surface area contributed by atoms with E-state index in [1.165, 1.54) is 0 Å². The molecule has 0 heterocycles. The number of nitrogens with zero attached hydrogens (tertiary/aromatic N) is 1. The Morgan fingerprint density at radius 1 is 1.58 bits per heavy atom. The first-order valence-electron chi connectivity index (χ1n) is 3.46. The average molecular weight is 203 g/mol. The number of hydrogen-bond acceptors (Lipinski definition) is 4. The molecule has 1 atom stereocenters. The second-order valence-electron chi connectivity index (χ2n) is 2.56. The lowest BCUT2D eigenvalue weighted by Crippen LogP contribution is -2.19. The highest BCUT2D eigenvalue weighted by Crippen LogP contribution is 2.27. The molecule has 0 aromatic heterocycles. The summed E-state index contributed by atoms with van der Waals surface area (Å²) in [5, 5.41) is 18.0. The summed E-state index contributed by atoms with van der Waals surface area (Å²) >= 11 is 3.15. The van der Waals surface area contributed by atoms with Crippen LogP contribution in [0.1, 0.15) is 13.3 Å². The summed E-state index contributed by atoms with van der Waals surface area (Å²) in [5.41, 5.74) is -0.990. The first-order chi connectivity index (χ1) is 5.55. The van der Waals surface area contributed by atoms with Gasteiger partial charge in [0.15, 0.2) is 0 Å². The molecule has 0 fully saturated rings. The molecule has 0 saturated heterocycles. The minimum absolute atomic E-state index is 0.137. The quantitative estimate of drug-likeness (QED) is 0.761. The molecule has 0 aliphatic rings. The second kappa shape index (κ2) is 5.52. The molecule has 0 amide bonds. The van der Waals surface area contributed by atoms with E-state index in [1.807, 2.05) is 18.6 Å². The molecule has 68 valence electrons. The number of nitriles is 1. The van der Waals surface area contributed by atoms with Crippen molar-refractivity contribution in [1.82, 2.24) is 0 Å². The van der Waals surface area contributed by atoms with Gasteiger partial charge in [-0.1, -0.05) is 0 Å². The van der Waals surface area contributed by atoms with E-state index in [2.05, 4.69) is 0 Å². The Morgan fingerprint density at radius 2 is 2.08 bits per heavy atom. The van der Waals surface area contributed by atoms with E-state index in [1.54, 1.807) is 36.5 Å². The van der Waals surface area contributed by atoms with Crippen LogP contribution in [0.3, 0.4) is 0 Å². The highest BCUT2D eigenvalue weighted by atomic mass is 32.2. The van der Waals surface area contributed by atoms with Crippen LogP contribution < -0.4 is 0 Å². The SMILES string of the molecule is CSC(=CC(C)(O)CC#N)SC. The van der Waals surface area contributed by atoms with Gasteiger partial charge in [-0.15, -0.1) is 23.5 Å². The van der Waals surface area contributed by atoms with Gasteiger partial charge >= 0.3 is 0 Å². The van der Waals surface area contributed by atoms with E-state index in [9.17, 15) is 5.11 Å². The number of rotatable bonds is 4. The molecule has 1 unspecified atom stereocenters. The van der Waals surface area contributed by atoms with Crippen molar-refractivity contribution in [2.75, 3.05) is 12.5 Å². The van der Waals surface area contributed by atoms with Gasteiger partial charge in [-0.25, -0.2) is 0 Å². The molecule has 4 heteroatoms. The van der Waals surface area contributed by atoms with Crippen molar-refractivity contribution >= 4 is 23.5 Å². The smallest absolute Gasteiger partial charge is 0.0947 e. The van der Waals surface area contributed by atoms with Crippen molar-refractivity contribution < 1.29 is 5.11 Å². The average Bonchev–Trinajstić information content (AvgIpc) is 2.00. The van der Waals surface area contributed by atoms with Crippen molar-refractivity contribution in [2.45, 2.75) is 18.9 Å². The van der Waals surface area contributed by atoms with Gasteiger partial charge < -0.3 is 5.11 Å². The predicted molar refractivity (Wildman–Crippen MR) is 56.0 cm³/mol. The molecule has 12 heavy (non-hydrogen) atoms. The molecular weight excluding hydrogens is 190 g/mol. The number of hydrogen-bond donors (Lipinski definition) is 1. The third-order valence-electron chi connectivity index (χ3n) is 1.27. The van der Waals surface area contributed by atoms with Crippen LogP contribution in [0.4, 0.5) is 0 Å². The maximum absolute atomic E-state index is 9.62. The van der Waals surface area contributed by atoms with Crippen LogP contribution in [0.5, 0.6) is 0 Å². The monoisotopic (exact) mass is 203 g/mol. The summed E-state index contributed by atoms with van der Waals surface area (Å²) in [4.78, 5) is 0. The molecule has 1 N–H and O–H groups in total. The van der Waals surface area contributed by atoms with E-state index >= 15 is 0 Å². The van der Waals surface area contributed by atoms with Gasteiger partial charge in [0, 0.05) is 4.24 Å². The minimum atomic E-state index is -0.990. The highest BCUT2D eigenvalue weighted by Gasteiger charge is 2.17. The van der Waals surface area contributed by atoms with Crippen LogP contribution in [-0.4, -0.2) is 23.2 Å². The summed E-state index contributed by atoms with van der Waals surface area (Å²) in [6.07, 6.45) is 5.76. The zero-order valence-electron chi connectivity index (χ0n) is 7.50. The van der Waals surface area contributed by atoms with Crippen LogP contribution in [0.2, 0.25) is 0 Å². The van der Waals surface area contributed by atoms with E-state index in [0.717, 1.165) is 4.24 Å². The van der Waals surface area contributed by atoms with E-state index < -0.39 is 5.60 Å². The predicted octanol–water partition coefficient (Wildman–Crippen LogP) is 2.22. The zero-order valence-corrected chi connectivity index (χ0v) is 9.13. The maximum Gasteiger partial charge on any atom is 0.0947 e. The molecule has 0 bridgehead atoms. The van der Waals surface area contributed by atoms with Crippen molar-refractivity contribution in [3.63, 3.8) is 0 Å². The van der Waals surface area contributed by atoms with E-state index in [-0.39, 0.29) is 6.42 Å². The van der Waals surface area contributed by atoms with Crippen LogP contribution in [0.15, 0.2) is 10.3 Å². The topological polar surface area (TPSA) is 44.0 Å². The van der Waals surface area contributed by atoms with Crippen LogP contribution in [-0.2, 0) is 0 Å². The summed E-state index contributed by atoms with van der Waals surface area (Å²) in [7, 11) is 0. The first kappa shape index (κ1) is 11.9. The maximum atomic E-state index is 9.62. The molecule has 0 aliphatic carbocycles. The lowest BCUT2D eigenvalue weighted by Gasteiger charge is -2.15. The van der Waals surface area contributed by atoms with Gasteiger partial charge in [-0.05, 0) is 25.5 Å². The van der Waals surface area contributed by atoms with Crippen molar-refractivity contribution in [2.24, 2.45) is 0 Å². The Hall–Kier alpha value is -0.110. The highest BCUT2D eigenvalue weighted by molar-refractivity contribution is 8.21. The van der Waals surface area contributed by atoms with Crippen LogP contribution >= 0.6 is 23.5 Å². The lowest BCUT2D eigenvalue weighted by molar-refractivity contribution is 0.117. The Morgan fingerprint density at radius 3 is 2.42 bits per heavy atom. The summed E-state index contributed by atoms with van der Waals surface area (Å²) in [6.45, 7) is 1.64. The fourth-order valence-corrected chi connectivity index (χ4v) is 2.08. The van der Waals surface area contributed by atoms with Crippen LogP contribution in [0, 0.1) is 11.3 Å². The standard InChI is InChI=1S/C8H13NOS2/c1-8(10,4-5-9)6-7(11-2)12-3/h6,10H,4H2,1-3H3. The second-order valence-corrected chi connectivity index (χ2v) is 4.52. The van der Waals surface area contributed by atoms with Crippen molar-refractivity contribution in [3.8, 4) is 6.07 Å². The zero-order chi connectivity index (χ0) is 9.61. The molecule has 0 aromatic rings. The molecule has 0 saturated carbocycles. The lowest BCUT2D eigenvalue weighted by atomic mass is 10.0. The molecule has 0 rings (SSSR count). The van der Waals surface area contributed by atoms with Gasteiger partial charge in [0.25, 0.3) is 0 Å². The molecule has 0 spiro atoms. The van der Waals surface area contributed by atoms with Crippen molar-refractivity contribution in [3.05, 3.63) is 10.3 Å². The molecule has 0 radical (unpaired) electrons. The van der Waals surface area contributed by atoms with Crippen molar-refractivity contribution in [1.29, 1.82) is 5.26 Å². The third-order valence-corrected chi connectivity index (χ3v) is 3.31. The Kier molecular flexibility index (Phi) is 5.47. The van der Waals surface area contributed by atoms with Crippen LogP contribution in [0.25, 0.3) is 0 Å². The molecular formula is C8H13NOS2. The molecule has 0 aromatic carbocycles. The van der Waals surface area contributed by atoms with Gasteiger partial charge in [-0.2, -0.15) is 5.26 Å². The Bertz CT molecular complexity index is 200. The minimum Gasteiger partial charge on any atom is -0.385 e. The van der Waals surface area contributed by atoms with Gasteiger partial charge in [0.2, 0.25) is 0 Å². The normalized spacial score (nSPS) is 14.6. The summed E-state index contributed by atoms with van der Waals surface area (Å²) < 4.78 is 1.04. The first-order valence-corrected chi connectivity index (χ1v) is 5.91. The third kappa shape index (κ3) is 4.70. The van der Waals surface area contributed by atoms with E-state index in [4.69, 9.17) is 5.26 Å². The fourth-order valence-electron chi connectivity index (χ4n) is 0.666. The summed E-state index contributed by atoms with van der Waals surface area (Å²) in [5.74, 6) is 0. The fraction of sp³-hybridized carbons (Fsp3) is 0.625. The Balaban J connectivity index is 4.37. The Labute approximate surface area is 82.0 Å².